The molecule has 3 rings (SSSR count). The number of nitrogens with two attached hydrogens (primary N) is 1. The van der Waals surface area contributed by atoms with Crippen molar-refractivity contribution >= 4 is 11.7 Å². The number of nitrogens with one attached hydrogen (secondary N) is 1. The Bertz CT molecular complexity index is 478. The smallest absolute Gasteiger partial charge is 0.222 e. The molecule has 1 aromatic rings. The first-order valence-corrected chi connectivity index (χ1v) is 6.70. The number of hydrazine groups is 1. The highest BCUT2D eigenvalue weighted by Gasteiger charge is 2.35. The predicted molar refractivity (Wildman–Crippen MR) is 72.1 cm³/mol. The van der Waals surface area contributed by atoms with Crippen LogP contribution in [0.2, 0.25) is 0 Å². The molecule has 0 spiro atoms. The molecular formula is C13H19N5O. The zero-order chi connectivity index (χ0) is 13.2. The Morgan fingerprint density at radius 3 is 3.16 bits per heavy atom. The van der Waals surface area contributed by atoms with E-state index in [-0.39, 0.29) is 0 Å². The first-order valence-electron chi connectivity index (χ1n) is 6.70. The fourth-order valence-electron chi connectivity index (χ4n) is 2.95. The van der Waals surface area contributed by atoms with E-state index in [1.165, 1.54) is 0 Å². The lowest BCUT2D eigenvalue weighted by atomic mass is 10.1. The number of fused-ring (bicyclic) bond motifs is 1. The lowest BCUT2D eigenvalue weighted by Gasteiger charge is -2.37. The standard InChI is InChI=1S/C13H19N5O/c14-16-12-3-1-2-10(15-12)8-17-6-7-18-11(9-17)4-5-13(18)19/h1-3,11H,4-9,14H2,(H,15,16). The summed E-state index contributed by atoms with van der Waals surface area (Å²) in [6.07, 6.45) is 1.70. The van der Waals surface area contributed by atoms with Crippen LogP contribution in [0.4, 0.5) is 5.82 Å². The number of aromatic nitrogens is 1. The minimum atomic E-state index is 0.317. The maximum absolute atomic E-state index is 11.6. The van der Waals surface area contributed by atoms with Crippen LogP contribution in [-0.2, 0) is 11.3 Å². The van der Waals surface area contributed by atoms with Gasteiger partial charge < -0.3 is 10.3 Å². The molecule has 2 saturated heterocycles. The maximum atomic E-state index is 11.6. The van der Waals surface area contributed by atoms with Crippen molar-refractivity contribution in [1.29, 1.82) is 0 Å². The summed E-state index contributed by atoms with van der Waals surface area (Å²) in [6, 6.07) is 6.20. The van der Waals surface area contributed by atoms with Gasteiger partial charge in [0, 0.05) is 38.6 Å². The first kappa shape index (κ1) is 12.4. The number of piperazine rings is 1. The number of nitrogen functional groups attached to an aromatic ring is 1. The minimum absolute atomic E-state index is 0.317. The molecular weight excluding hydrogens is 242 g/mol. The average molecular weight is 261 g/mol. The molecule has 6 heteroatoms. The zero-order valence-corrected chi connectivity index (χ0v) is 10.9. The number of pyridine rings is 1. The molecule has 2 aliphatic heterocycles. The van der Waals surface area contributed by atoms with Gasteiger partial charge in [0.05, 0.1) is 5.69 Å². The molecule has 1 atom stereocenters. The average Bonchev–Trinajstić information content (AvgIpc) is 2.80. The van der Waals surface area contributed by atoms with Crippen LogP contribution in [0.1, 0.15) is 18.5 Å². The van der Waals surface area contributed by atoms with Gasteiger partial charge in [0.2, 0.25) is 5.91 Å². The molecule has 1 unspecified atom stereocenters. The Labute approximate surface area is 112 Å². The Morgan fingerprint density at radius 1 is 1.42 bits per heavy atom. The summed E-state index contributed by atoms with van der Waals surface area (Å²) in [5.74, 6) is 6.37. The Kier molecular flexibility index (Phi) is 3.35. The van der Waals surface area contributed by atoms with Crippen molar-refractivity contribution in [2.24, 2.45) is 5.84 Å². The fraction of sp³-hybridized carbons (Fsp3) is 0.538. The summed E-state index contributed by atoms with van der Waals surface area (Å²) >= 11 is 0. The summed E-state index contributed by atoms with van der Waals surface area (Å²) in [4.78, 5) is 20.5. The van der Waals surface area contributed by atoms with Crippen LogP contribution in [0.25, 0.3) is 0 Å². The van der Waals surface area contributed by atoms with Gasteiger partial charge in [-0.2, -0.15) is 0 Å². The van der Waals surface area contributed by atoms with Crippen molar-refractivity contribution in [3.63, 3.8) is 0 Å². The molecule has 0 aromatic carbocycles. The molecule has 6 nitrogen and oxygen atoms in total. The summed E-state index contributed by atoms with van der Waals surface area (Å²) in [5.41, 5.74) is 3.57. The third-order valence-electron chi connectivity index (χ3n) is 3.92. The summed E-state index contributed by atoms with van der Waals surface area (Å²) in [5, 5.41) is 0. The van der Waals surface area contributed by atoms with E-state index in [1.54, 1.807) is 0 Å². The third kappa shape index (κ3) is 2.54. The van der Waals surface area contributed by atoms with Gasteiger partial charge in [-0.15, -0.1) is 0 Å². The molecule has 2 aliphatic rings. The summed E-state index contributed by atoms with van der Waals surface area (Å²) in [7, 11) is 0. The van der Waals surface area contributed by atoms with E-state index in [4.69, 9.17) is 5.84 Å². The molecule has 102 valence electrons. The van der Waals surface area contributed by atoms with Gasteiger partial charge in [-0.05, 0) is 18.6 Å². The van der Waals surface area contributed by atoms with Crippen LogP contribution in [0.3, 0.4) is 0 Å². The Hall–Kier alpha value is -1.66. The van der Waals surface area contributed by atoms with Gasteiger partial charge in [-0.1, -0.05) is 6.07 Å². The van der Waals surface area contributed by atoms with Gasteiger partial charge in [0.15, 0.2) is 0 Å². The molecule has 3 N–H and O–H groups in total. The van der Waals surface area contributed by atoms with E-state index in [0.29, 0.717) is 24.2 Å². The van der Waals surface area contributed by atoms with Crippen LogP contribution in [0.5, 0.6) is 0 Å². The molecule has 0 radical (unpaired) electrons. The van der Waals surface area contributed by atoms with Gasteiger partial charge in [-0.25, -0.2) is 10.8 Å². The monoisotopic (exact) mass is 261 g/mol. The fourth-order valence-corrected chi connectivity index (χ4v) is 2.95. The van der Waals surface area contributed by atoms with Crippen LogP contribution in [0.15, 0.2) is 18.2 Å². The van der Waals surface area contributed by atoms with Gasteiger partial charge in [0.1, 0.15) is 5.82 Å². The van der Waals surface area contributed by atoms with Gasteiger partial charge in [0.25, 0.3) is 0 Å². The topological polar surface area (TPSA) is 74.5 Å². The van der Waals surface area contributed by atoms with Gasteiger partial charge in [-0.3, -0.25) is 9.69 Å². The van der Waals surface area contributed by atoms with E-state index in [0.717, 1.165) is 38.3 Å². The second-order valence-electron chi connectivity index (χ2n) is 5.17. The Morgan fingerprint density at radius 2 is 2.32 bits per heavy atom. The van der Waals surface area contributed by atoms with Crippen LogP contribution in [0, 0.1) is 0 Å². The van der Waals surface area contributed by atoms with E-state index < -0.39 is 0 Å². The number of anilines is 1. The highest BCUT2D eigenvalue weighted by Crippen LogP contribution is 2.23. The first-order chi connectivity index (χ1) is 9.26. The van der Waals surface area contributed by atoms with E-state index in [1.807, 2.05) is 23.1 Å². The molecule has 19 heavy (non-hydrogen) atoms. The second-order valence-corrected chi connectivity index (χ2v) is 5.17. The highest BCUT2D eigenvalue weighted by molar-refractivity contribution is 5.78. The molecule has 0 aliphatic carbocycles. The number of hydrogen-bond donors (Lipinski definition) is 2. The molecule has 3 heterocycles. The van der Waals surface area contributed by atoms with Crippen molar-refractivity contribution in [3.05, 3.63) is 23.9 Å². The Balaban J connectivity index is 1.63. The maximum Gasteiger partial charge on any atom is 0.222 e. The van der Waals surface area contributed by atoms with Crippen molar-refractivity contribution < 1.29 is 4.79 Å². The number of nitrogens with zero attached hydrogens (tertiary/aromatic N) is 3. The lowest BCUT2D eigenvalue weighted by molar-refractivity contribution is -0.130. The number of carbonyl (C=O) groups is 1. The second kappa shape index (κ2) is 5.14. The van der Waals surface area contributed by atoms with E-state index in [2.05, 4.69) is 15.3 Å². The number of rotatable bonds is 3. The quantitative estimate of drug-likeness (QED) is 0.599. The number of carbonyl (C=O) groups excluding carboxylic acids is 1. The molecule has 1 amide bonds. The normalized spacial score (nSPS) is 23.5. The zero-order valence-electron chi connectivity index (χ0n) is 10.9. The molecule has 0 bridgehead atoms. The number of amides is 1. The van der Waals surface area contributed by atoms with Crippen molar-refractivity contribution in [3.8, 4) is 0 Å². The molecule has 1 aromatic heterocycles. The van der Waals surface area contributed by atoms with E-state index in [9.17, 15) is 4.79 Å². The van der Waals surface area contributed by atoms with Crippen LogP contribution in [-0.4, -0.2) is 46.4 Å². The van der Waals surface area contributed by atoms with Crippen LogP contribution >= 0.6 is 0 Å². The third-order valence-corrected chi connectivity index (χ3v) is 3.92. The predicted octanol–water partition coefficient (Wildman–Crippen LogP) is 0.174. The van der Waals surface area contributed by atoms with Gasteiger partial charge >= 0.3 is 0 Å². The lowest BCUT2D eigenvalue weighted by Crippen LogP contribution is -2.51. The molecule has 2 fully saturated rings. The summed E-state index contributed by atoms with van der Waals surface area (Å²) < 4.78 is 0. The van der Waals surface area contributed by atoms with E-state index >= 15 is 0 Å². The highest BCUT2D eigenvalue weighted by atomic mass is 16.2. The van der Waals surface area contributed by atoms with Crippen molar-refractivity contribution in [2.45, 2.75) is 25.4 Å². The van der Waals surface area contributed by atoms with Crippen molar-refractivity contribution in [2.75, 3.05) is 25.1 Å². The number of hydrogen-bond acceptors (Lipinski definition) is 5. The van der Waals surface area contributed by atoms with Crippen LogP contribution < -0.4 is 11.3 Å². The minimum Gasteiger partial charge on any atom is -0.337 e. The molecule has 0 saturated carbocycles. The largest absolute Gasteiger partial charge is 0.337 e. The summed E-state index contributed by atoms with van der Waals surface area (Å²) in [6.45, 7) is 3.53. The van der Waals surface area contributed by atoms with Crippen molar-refractivity contribution in [1.82, 2.24) is 14.8 Å². The SMILES string of the molecule is NNc1cccc(CN2CCN3C(=O)CCC3C2)n1.